The zero-order valence-electron chi connectivity index (χ0n) is 16.2. The number of carbonyl (C=O) groups excluding carboxylic acids is 2. The van der Waals surface area contributed by atoms with E-state index in [2.05, 4.69) is 10.3 Å². The first-order valence-corrected chi connectivity index (χ1v) is 9.11. The van der Waals surface area contributed by atoms with Gasteiger partial charge < -0.3 is 15.2 Å². The Morgan fingerprint density at radius 1 is 1.41 bits per heavy atom. The Kier molecular flexibility index (Phi) is 6.41. The van der Waals surface area contributed by atoms with Crippen LogP contribution < -0.4 is 10.2 Å². The Hall–Kier alpha value is -2.64. The Labute approximate surface area is 158 Å². The normalized spacial score (nSPS) is 16.7. The minimum atomic E-state index is -1.11. The molecule has 1 aromatic rings. The summed E-state index contributed by atoms with van der Waals surface area (Å²) in [7, 11) is 0. The highest BCUT2D eigenvalue weighted by atomic mass is 16.6. The van der Waals surface area contributed by atoms with Gasteiger partial charge in [-0.1, -0.05) is 6.07 Å². The first-order valence-electron chi connectivity index (χ1n) is 9.11. The highest BCUT2D eigenvalue weighted by Crippen LogP contribution is 2.29. The number of aromatic nitrogens is 1. The number of carboxylic acids is 1. The number of aryl methyl sites for hydroxylation is 1. The van der Waals surface area contributed by atoms with Crippen molar-refractivity contribution in [1.82, 2.24) is 10.3 Å². The maximum atomic E-state index is 12.3. The fraction of sp³-hybridized carbons (Fsp3) is 0.579. The van der Waals surface area contributed by atoms with Crippen molar-refractivity contribution in [3.8, 4) is 0 Å². The summed E-state index contributed by atoms with van der Waals surface area (Å²) in [6.07, 6.45) is 2.76. The molecular formula is C19H27N3O5. The van der Waals surface area contributed by atoms with Crippen LogP contribution in [-0.4, -0.2) is 46.8 Å². The smallest absolute Gasteiger partial charge is 0.407 e. The second kappa shape index (κ2) is 8.37. The van der Waals surface area contributed by atoms with Gasteiger partial charge in [0.25, 0.3) is 0 Å². The molecule has 0 radical (unpaired) electrons. The van der Waals surface area contributed by atoms with E-state index in [0.717, 1.165) is 11.1 Å². The first-order chi connectivity index (χ1) is 12.6. The zero-order chi connectivity index (χ0) is 20.2. The third-order valence-corrected chi connectivity index (χ3v) is 4.17. The molecule has 1 unspecified atom stereocenters. The fourth-order valence-electron chi connectivity index (χ4n) is 2.98. The van der Waals surface area contributed by atoms with Gasteiger partial charge in [-0.3, -0.25) is 14.5 Å². The Bertz CT molecular complexity index is 727. The molecule has 1 aliphatic rings. The molecule has 8 nitrogen and oxygen atoms in total. The SMILES string of the molecule is CCN1C(=O)C(C(=O)O)Cc2cc(CCCNC(=O)OC(C)(C)C)cnc21. The van der Waals surface area contributed by atoms with Gasteiger partial charge in [0.2, 0.25) is 5.91 Å². The number of nitrogens with zero attached hydrogens (tertiary/aromatic N) is 2. The number of amides is 2. The van der Waals surface area contributed by atoms with Crippen LogP contribution in [0.25, 0.3) is 0 Å². The monoisotopic (exact) mass is 377 g/mol. The molecule has 0 saturated heterocycles. The molecule has 2 heterocycles. The lowest BCUT2D eigenvalue weighted by molar-refractivity contribution is -0.146. The number of hydrogen-bond donors (Lipinski definition) is 2. The number of anilines is 1. The fourth-order valence-corrected chi connectivity index (χ4v) is 2.98. The van der Waals surface area contributed by atoms with Crippen molar-refractivity contribution in [3.63, 3.8) is 0 Å². The van der Waals surface area contributed by atoms with Gasteiger partial charge in [0.1, 0.15) is 17.3 Å². The second-order valence-electron chi connectivity index (χ2n) is 7.54. The minimum Gasteiger partial charge on any atom is -0.481 e. The summed E-state index contributed by atoms with van der Waals surface area (Å²) in [5.74, 6) is -2.06. The lowest BCUT2D eigenvalue weighted by Crippen LogP contribution is -2.45. The van der Waals surface area contributed by atoms with Crippen molar-refractivity contribution >= 4 is 23.8 Å². The highest BCUT2D eigenvalue weighted by Gasteiger charge is 2.37. The van der Waals surface area contributed by atoms with E-state index >= 15 is 0 Å². The summed E-state index contributed by atoms with van der Waals surface area (Å²) < 4.78 is 5.18. The van der Waals surface area contributed by atoms with Crippen LogP contribution in [0.5, 0.6) is 0 Å². The molecule has 2 rings (SSSR count). The van der Waals surface area contributed by atoms with Gasteiger partial charge in [0.05, 0.1) is 0 Å². The van der Waals surface area contributed by atoms with Gasteiger partial charge in [-0.15, -0.1) is 0 Å². The molecule has 0 fully saturated rings. The van der Waals surface area contributed by atoms with E-state index in [1.165, 1.54) is 4.90 Å². The molecule has 8 heteroatoms. The lowest BCUT2D eigenvalue weighted by Gasteiger charge is -2.30. The maximum absolute atomic E-state index is 12.3. The van der Waals surface area contributed by atoms with E-state index in [4.69, 9.17) is 4.74 Å². The van der Waals surface area contributed by atoms with E-state index in [-0.39, 0.29) is 6.42 Å². The van der Waals surface area contributed by atoms with E-state index < -0.39 is 29.5 Å². The number of ether oxygens (including phenoxy) is 1. The molecule has 0 spiro atoms. The van der Waals surface area contributed by atoms with Crippen LogP contribution >= 0.6 is 0 Å². The zero-order valence-corrected chi connectivity index (χ0v) is 16.2. The predicted octanol–water partition coefficient (Wildman–Crippen LogP) is 2.15. The molecular weight excluding hydrogens is 350 g/mol. The van der Waals surface area contributed by atoms with Crippen molar-refractivity contribution in [2.24, 2.45) is 5.92 Å². The molecule has 1 atom stereocenters. The highest BCUT2D eigenvalue weighted by molar-refractivity contribution is 6.07. The summed E-state index contributed by atoms with van der Waals surface area (Å²) >= 11 is 0. The standard InChI is InChI=1S/C19H27N3O5/c1-5-22-15-13(10-14(16(22)23)17(24)25)9-12(11-21-15)7-6-8-20-18(26)27-19(2,3)4/h9,11,14H,5-8,10H2,1-4H3,(H,20,26)(H,24,25). The number of aliphatic carboxylic acids is 1. The first kappa shape index (κ1) is 20.7. The summed E-state index contributed by atoms with van der Waals surface area (Å²) in [6, 6.07) is 1.90. The van der Waals surface area contributed by atoms with Crippen LogP contribution in [0.2, 0.25) is 0 Å². The number of carboxylic acid groups (broad SMARTS) is 1. The molecule has 2 N–H and O–H groups in total. The van der Waals surface area contributed by atoms with E-state index in [1.807, 2.05) is 6.07 Å². The third-order valence-electron chi connectivity index (χ3n) is 4.17. The topological polar surface area (TPSA) is 109 Å². The molecule has 0 aromatic carbocycles. The number of hydrogen-bond acceptors (Lipinski definition) is 5. The molecule has 148 valence electrons. The van der Waals surface area contributed by atoms with Crippen molar-refractivity contribution in [1.29, 1.82) is 0 Å². The van der Waals surface area contributed by atoms with Crippen LogP contribution in [0.3, 0.4) is 0 Å². The van der Waals surface area contributed by atoms with Crippen LogP contribution in [0, 0.1) is 5.92 Å². The molecule has 1 aromatic heterocycles. The number of nitrogens with one attached hydrogen (secondary N) is 1. The minimum absolute atomic E-state index is 0.150. The van der Waals surface area contributed by atoms with Crippen molar-refractivity contribution in [3.05, 3.63) is 23.4 Å². The maximum Gasteiger partial charge on any atom is 0.407 e. The number of fused-ring (bicyclic) bond motifs is 1. The van der Waals surface area contributed by atoms with Gasteiger partial charge in [-0.05, 0) is 58.1 Å². The van der Waals surface area contributed by atoms with Crippen LogP contribution in [0.15, 0.2) is 12.3 Å². The summed E-state index contributed by atoms with van der Waals surface area (Å²) in [6.45, 7) is 8.05. The molecule has 1 aliphatic heterocycles. The largest absolute Gasteiger partial charge is 0.481 e. The number of rotatable bonds is 6. The van der Waals surface area contributed by atoms with E-state index in [1.54, 1.807) is 33.9 Å². The summed E-state index contributed by atoms with van der Waals surface area (Å²) in [4.78, 5) is 41.1. The van der Waals surface area contributed by atoms with Gasteiger partial charge in [0.15, 0.2) is 0 Å². The average molecular weight is 377 g/mol. The van der Waals surface area contributed by atoms with Gasteiger partial charge in [-0.25, -0.2) is 9.78 Å². The summed E-state index contributed by atoms with van der Waals surface area (Å²) in [5, 5.41) is 12.0. The number of alkyl carbamates (subject to hydrolysis) is 1. The van der Waals surface area contributed by atoms with Gasteiger partial charge in [0, 0.05) is 19.3 Å². The molecule has 0 saturated carbocycles. The molecule has 27 heavy (non-hydrogen) atoms. The quantitative estimate of drug-likeness (QED) is 0.581. The molecule has 0 aliphatic carbocycles. The van der Waals surface area contributed by atoms with Crippen molar-refractivity contribution in [2.75, 3.05) is 18.0 Å². The Balaban J connectivity index is 1.97. The summed E-state index contributed by atoms with van der Waals surface area (Å²) in [5.41, 5.74) is 1.17. The number of carbonyl (C=O) groups is 3. The van der Waals surface area contributed by atoms with E-state index in [0.29, 0.717) is 31.7 Å². The molecule has 2 amide bonds. The van der Waals surface area contributed by atoms with Crippen LogP contribution in [0.1, 0.15) is 45.2 Å². The Morgan fingerprint density at radius 3 is 2.70 bits per heavy atom. The van der Waals surface area contributed by atoms with Crippen molar-refractivity contribution in [2.45, 2.75) is 52.6 Å². The molecule has 0 bridgehead atoms. The predicted molar refractivity (Wildman–Crippen MR) is 99.7 cm³/mol. The Morgan fingerprint density at radius 2 is 2.11 bits per heavy atom. The van der Waals surface area contributed by atoms with E-state index in [9.17, 15) is 19.5 Å². The second-order valence-corrected chi connectivity index (χ2v) is 7.54. The van der Waals surface area contributed by atoms with Crippen molar-refractivity contribution < 1.29 is 24.2 Å². The third kappa shape index (κ3) is 5.42. The van der Waals surface area contributed by atoms with Gasteiger partial charge >= 0.3 is 12.1 Å². The van der Waals surface area contributed by atoms with Crippen LogP contribution in [-0.2, 0) is 27.2 Å². The van der Waals surface area contributed by atoms with Crippen LogP contribution in [0.4, 0.5) is 10.6 Å². The average Bonchev–Trinajstić information content (AvgIpc) is 2.56. The van der Waals surface area contributed by atoms with Gasteiger partial charge in [-0.2, -0.15) is 0 Å². The lowest BCUT2D eigenvalue weighted by atomic mass is 9.92. The number of pyridine rings is 1.